The minimum atomic E-state index is -3.73. The molecule has 4 atom stereocenters. The predicted octanol–water partition coefficient (Wildman–Crippen LogP) is 3.15. The molecule has 1 heterocycles. The van der Waals surface area contributed by atoms with Gasteiger partial charge in [0, 0.05) is 29.6 Å². The van der Waals surface area contributed by atoms with Crippen LogP contribution in [0.5, 0.6) is 0 Å². The highest BCUT2D eigenvalue weighted by Gasteiger charge is 2.46. The second-order valence-electron chi connectivity index (χ2n) is 10.6. The summed E-state index contributed by atoms with van der Waals surface area (Å²) in [5, 5.41) is 18.7. The number of unbranched alkanes of at least 4 members (excludes halogenated alkanes) is 1. The summed E-state index contributed by atoms with van der Waals surface area (Å²) in [6.07, 6.45) is -2.14. The fraction of sp³-hybridized carbons (Fsp3) is 0.452. The summed E-state index contributed by atoms with van der Waals surface area (Å²) >= 11 is 5.95. The maximum absolute atomic E-state index is 15.8. The van der Waals surface area contributed by atoms with Crippen LogP contribution < -0.4 is 21.3 Å². The zero-order valence-electron chi connectivity index (χ0n) is 24.7. The average Bonchev–Trinajstić information content (AvgIpc) is 3.43. The molecule has 2 aromatic rings. The van der Waals surface area contributed by atoms with Crippen LogP contribution in [0.15, 0.2) is 54.6 Å². The van der Waals surface area contributed by atoms with E-state index in [4.69, 9.17) is 21.4 Å². The SMILES string of the molecule is CCCC[C@H](NC(=O)OC(c1ccccc1)C(F)(F)c1cccc(Cl)c1)C(=O)N[C@@H](C[C@@H]1CCNC1=O)C(=O)C(=O)NCCO. The van der Waals surface area contributed by atoms with E-state index in [0.29, 0.717) is 25.8 Å². The topological polar surface area (TPSA) is 163 Å². The molecule has 1 aliphatic heterocycles. The van der Waals surface area contributed by atoms with Gasteiger partial charge in [0.25, 0.3) is 5.91 Å². The number of alkyl carbamates (subject to hydrolysis) is 1. The molecule has 14 heteroatoms. The Kier molecular flexibility index (Phi) is 13.2. The van der Waals surface area contributed by atoms with Crippen LogP contribution in [-0.4, -0.2) is 66.5 Å². The van der Waals surface area contributed by atoms with E-state index in [1.165, 1.54) is 36.4 Å². The quantitative estimate of drug-likeness (QED) is 0.174. The van der Waals surface area contributed by atoms with Crippen molar-refractivity contribution in [3.63, 3.8) is 0 Å². The van der Waals surface area contributed by atoms with Crippen LogP contribution in [0.25, 0.3) is 0 Å². The maximum Gasteiger partial charge on any atom is 0.408 e. The molecule has 0 bridgehead atoms. The number of aliphatic hydroxyl groups excluding tert-OH is 1. The molecule has 244 valence electrons. The molecule has 4 amide bonds. The van der Waals surface area contributed by atoms with Gasteiger partial charge >= 0.3 is 12.0 Å². The number of benzene rings is 2. The lowest BCUT2D eigenvalue weighted by Gasteiger charge is -2.29. The van der Waals surface area contributed by atoms with Gasteiger partial charge in [0.2, 0.25) is 17.6 Å². The molecule has 0 spiro atoms. The predicted molar refractivity (Wildman–Crippen MR) is 160 cm³/mol. The molecule has 0 saturated carbocycles. The molecule has 3 rings (SSSR count). The van der Waals surface area contributed by atoms with E-state index in [9.17, 15) is 24.0 Å². The Bertz CT molecular complexity index is 1350. The van der Waals surface area contributed by atoms with Crippen LogP contribution in [0.3, 0.4) is 0 Å². The number of carbonyl (C=O) groups excluding carboxylic acids is 5. The zero-order valence-corrected chi connectivity index (χ0v) is 25.4. The van der Waals surface area contributed by atoms with Gasteiger partial charge in [-0.05, 0) is 37.0 Å². The summed E-state index contributed by atoms with van der Waals surface area (Å²) in [4.78, 5) is 64.1. The van der Waals surface area contributed by atoms with Gasteiger partial charge in [-0.3, -0.25) is 19.2 Å². The van der Waals surface area contributed by atoms with Gasteiger partial charge in [-0.25, -0.2) is 4.79 Å². The summed E-state index contributed by atoms with van der Waals surface area (Å²) in [5.41, 5.74) is -0.504. The number of amides is 4. The third-order valence-corrected chi connectivity index (χ3v) is 7.49. The Labute approximate surface area is 264 Å². The number of ketones is 1. The van der Waals surface area contributed by atoms with E-state index in [-0.39, 0.29) is 35.9 Å². The van der Waals surface area contributed by atoms with Crippen LogP contribution in [0.1, 0.15) is 56.3 Å². The number of rotatable bonds is 16. The highest BCUT2D eigenvalue weighted by molar-refractivity contribution is 6.38. The van der Waals surface area contributed by atoms with Crippen LogP contribution in [0.4, 0.5) is 13.6 Å². The molecule has 45 heavy (non-hydrogen) atoms. The van der Waals surface area contributed by atoms with Crippen molar-refractivity contribution in [2.45, 2.75) is 63.1 Å². The standard InChI is InChI=1S/C31H37ClF2N4O7/c1-2-3-12-23(28(42)37-24(17-20-13-14-35-27(20)41)25(40)29(43)36-15-16-39)38-30(44)45-26(19-8-5-4-6-9-19)31(33,34)21-10-7-11-22(32)18-21/h4-11,18,20,23-24,26,39H,2-3,12-17H2,1H3,(H,35,41)(H,36,43)(H,37,42)(H,38,44)/t20-,23-,24-,26?/m0/s1. The van der Waals surface area contributed by atoms with E-state index in [1.807, 2.05) is 6.92 Å². The van der Waals surface area contributed by atoms with E-state index in [1.54, 1.807) is 6.07 Å². The Morgan fingerprint density at radius 3 is 2.44 bits per heavy atom. The number of hydrogen-bond acceptors (Lipinski definition) is 7. The van der Waals surface area contributed by atoms with Crippen LogP contribution in [-0.2, 0) is 29.8 Å². The van der Waals surface area contributed by atoms with Gasteiger partial charge in [0.1, 0.15) is 6.04 Å². The number of ether oxygens (including phenoxy) is 1. The van der Waals surface area contributed by atoms with Crippen molar-refractivity contribution in [2.75, 3.05) is 19.7 Å². The molecule has 1 saturated heterocycles. The van der Waals surface area contributed by atoms with Crippen molar-refractivity contribution in [2.24, 2.45) is 5.92 Å². The van der Waals surface area contributed by atoms with Crippen LogP contribution >= 0.6 is 11.6 Å². The number of hydrogen-bond donors (Lipinski definition) is 5. The zero-order chi connectivity index (χ0) is 33.0. The normalized spacial score (nSPS) is 16.6. The van der Waals surface area contributed by atoms with Crippen molar-refractivity contribution >= 4 is 41.2 Å². The second-order valence-corrected chi connectivity index (χ2v) is 11.0. The summed E-state index contributed by atoms with van der Waals surface area (Å²) in [5.74, 6) is -7.71. The molecule has 2 aromatic carbocycles. The number of nitrogens with one attached hydrogen (secondary N) is 4. The molecule has 0 aromatic heterocycles. The highest BCUT2D eigenvalue weighted by atomic mass is 35.5. The largest absolute Gasteiger partial charge is 0.434 e. The van der Waals surface area contributed by atoms with Crippen molar-refractivity contribution in [1.29, 1.82) is 0 Å². The Morgan fingerprint density at radius 2 is 1.82 bits per heavy atom. The van der Waals surface area contributed by atoms with Gasteiger partial charge in [-0.2, -0.15) is 8.78 Å². The molecule has 11 nitrogen and oxygen atoms in total. The first-order chi connectivity index (χ1) is 21.5. The van der Waals surface area contributed by atoms with Crippen molar-refractivity contribution in [3.05, 3.63) is 70.7 Å². The van der Waals surface area contributed by atoms with Crippen LogP contribution in [0.2, 0.25) is 5.02 Å². The molecule has 1 fully saturated rings. The number of aliphatic hydroxyl groups is 1. The second kappa shape index (κ2) is 16.8. The Hall–Kier alpha value is -4.10. The number of alkyl halides is 2. The monoisotopic (exact) mass is 650 g/mol. The summed E-state index contributed by atoms with van der Waals surface area (Å²) in [6.45, 7) is 1.57. The molecule has 1 unspecified atom stereocenters. The van der Waals surface area contributed by atoms with Gasteiger partial charge in [-0.1, -0.05) is 73.8 Å². The van der Waals surface area contributed by atoms with Crippen molar-refractivity contribution < 1.29 is 42.6 Å². The summed E-state index contributed by atoms with van der Waals surface area (Å²) in [7, 11) is 0. The number of carbonyl (C=O) groups is 5. The third kappa shape index (κ3) is 9.95. The van der Waals surface area contributed by atoms with Gasteiger partial charge in [0.15, 0.2) is 6.10 Å². The smallest absolute Gasteiger partial charge is 0.408 e. The number of Topliss-reactive ketones (excluding diaryl/α,β-unsaturated/α-hetero) is 1. The molecule has 0 radical (unpaired) electrons. The lowest BCUT2D eigenvalue weighted by molar-refractivity contribution is -0.141. The minimum Gasteiger partial charge on any atom is -0.434 e. The third-order valence-electron chi connectivity index (χ3n) is 7.26. The van der Waals surface area contributed by atoms with E-state index < -0.39 is 65.9 Å². The number of halogens is 3. The minimum absolute atomic E-state index is 0.0124. The Balaban J connectivity index is 1.82. The molecular formula is C31H37ClF2N4O7. The Morgan fingerprint density at radius 1 is 1.09 bits per heavy atom. The lowest BCUT2D eigenvalue weighted by atomic mass is 9.95. The molecule has 1 aliphatic rings. The molecule has 0 aliphatic carbocycles. The fourth-order valence-corrected chi connectivity index (χ4v) is 5.05. The first-order valence-electron chi connectivity index (χ1n) is 14.6. The first kappa shape index (κ1) is 35.4. The summed E-state index contributed by atoms with van der Waals surface area (Å²) in [6, 6.07) is 9.59. The van der Waals surface area contributed by atoms with E-state index >= 15 is 8.78 Å². The van der Waals surface area contributed by atoms with E-state index in [0.717, 1.165) is 12.1 Å². The van der Waals surface area contributed by atoms with Gasteiger partial charge < -0.3 is 31.1 Å². The van der Waals surface area contributed by atoms with Gasteiger partial charge in [-0.15, -0.1) is 0 Å². The summed E-state index contributed by atoms with van der Waals surface area (Å²) < 4.78 is 36.9. The first-order valence-corrected chi connectivity index (χ1v) is 15.0. The molecule has 5 N–H and O–H groups in total. The van der Waals surface area contributed by atoms with Crippen molar-refractivity contribution in [1.82, 2.24) is 21.3 Å². The lowest BCUT2D eigenvalue weighted by Crippen LogP contribution is -2.55. The average molecular weight is 651 g/mol. The van der Waals surface area contributed by atoms with Gasteiger partial charge in [0.05, 0.1) is 12.6 Å². The molecular weight excluding hydrogens is 614 g/mol. The van der Waals surface area contributed by atoms with Crippen LogP contribution in [0, 0.1) is 5.92 Å². The van der Waals surface area contributed by atoms with E-state index in [2.05, 4.69) is 21.3 Å². The fourth-order valence-electron chi connectivity index (χ4n) is 4.86. The van der Waals surface area contributed by atoms with Crippen molar-refractivity contribution in [3.8, 4) is 0 Å². The maximum atomic E-state index is 15.8. The highest BCUT2D eigenvalue weighted by Crippen LogP contribution is 2.43.